The maximum absolute atomic E-state index is 14.2. The van der Waals surface area contributed by atoms with E-state index in [1.807, 2.05) is 0 Å². The van der Waals surface area contributed by atoms with Gasteiger partial charge >= 0.3 is 5.76 Å². The summed E-state index contributed by atoms with van der Waals surface area (Å²) in [5, 5.41) is 9.46. The smallest absolute Gasteiger partial charge is 0.408 e. The molecule has 0 aliphatic heterocycles. The molecular weight excluding hydrogens is 431 g/mol. The second-order valence-electron chi connectivity index (χ2n) is 8.14. The van der Waals surface area contributed by atoms with E-state index in [0.29, 0.717) is 29.1 Å². The molecule has 0 radical (unpaired) electrons. The lowest BCUT2D eigenvalue weighted by molar-refractivity contribution is 0.0939. The van der Waals surface area contributed by atoms with Crippen LogP contribution in [0.1, 0.15) is 52.2 Å². The van der Waals surface area contributed by atoms with Gasteiger partial charge in [-0.3, -0.25) is 14.6 Å². The van der Waals surface area contributed by atoms with Gasteiger partial charge in [-0.2, -0.15) is 5.10 Å². The Bertz CT molecular complexity index is 1420. The van der Waals surface area contributed by atoms with Gasteiger partial charge in [0.05, 0.1) is 11.7 Å². The number of H-pyrrole nitrogens is 1. The third-order valence-electron chi connectivity index (χ3n) is 5.86. The first-order chi connectivity index (χ1) is 16.0. The molecule has 3 heterocycles. The quantitative estimate of drug-likeness (QED) is 0.410. The van der Waals surface area contributed by atoms with Gasteiger partial charge in [0.15, 0.2) is 17.0 Å². The Morgan fingerprint density at radius 3 is 2.82 bits per heavy atom. The van der Waals surface area contributed by atoms with Gasteiger partial charge in [0.2, 0.25) is 0 Å². The molecule has 10 nitrogen and oxygen atoms in total. The molecule has 0 unspecified atom stereocenters. The van der Waals surface area contributed by atoms with Crippen LogP contribution < -0.4 is 16.4 Å². The van der Waals surface area contributed by atoms with Gasteiger partial charge in [0.1, 0.15) is 11.4 Å². The monoisotopic (exact) mass is 452 g/mol. The predicted octanol–water partition coefficient (Wildman–Crippen LogP) is 2.15. The van der Waals surface area contributed by atoms with Crippen LogP contribution in [-0.4, -0.2) is 37.9 Å². The molecule has 1 aromatic carbocycles. The summed E-state index contributed by atoms with van der Waals surface area (Å²) in [4.78, 5) is 43.5. The van der Waals surface area contributed by atoms with E-state index in [1.165, 1.54) is 6.07 Å². The number of fused-ring (bicyclic) bond motifs is 2. The summed E-state index contributed by atoms with van der Waals surface area (Å²) in [5.74, 6) is -1.90. The van der Waals surface area contributed by atoms with Crippen molar-refractivity contribution in [2.24, 2.45) is 5.92 Å². The van der Waals surface area contributed by atoms with Crippen LogP contribution >= 0.6 is 0 Å². The van der Waals surface area contributed by atoms with Crippen molar-refractivity contribution in [3.63, 3.8) is 0 Å². The van der Waals surface area contributed by atoms with Gasteiger partial charge in [-0.25, -0.2) is 18.7 Å². The number of hydrogen-bond donors (Lipinski definition) is 3. The number of aromatic nitrogens is 4. The number of halogens is 1. The lowest BCUT2D eigenvalue weighted by Gasteiger charge is -2.12. The molecule has 0 spiro atoms. The van der Waals surface area contributed by atoms with Crippen molar-refractivity contribution in [3.8, 4) is 0 Å². The minimum Gasteiger partial charge on any atom is -0.408 e. The molecule has 5 rings (SSSR count). The molecule has 4 aromatic rings. The topological polar surface area (TPSA) is 134 Å². The van der Waals surface area contributed by atoms with Crippen LogP contribution in [0.4, 0.5) is 4.39 Å². The second kappa shape index (κ2) is 8.49. The first kappa shape index (κ1) is 20.9. The zero-order valence-electron chi connectivity index (χ0n) is 17.6. The molecule has 11 heteroatoms. The van der Waals surface area contributed by atoms with Gasteiger partial charge in [-0.05, 0) is 36.5 Å². The predicted molar refractivity (Wildman–Crippen MR) is 115 cm³/mol. The maximum Gasteiger partial charge on any atom is 0.417 e. The van der Waals surface area contributed by atoms with Gasteiger partial charge in [-0.15, -0.1) is 0 Å². The van der Waals surface area contributed by atoms with E-state index >= 15 is 0 Å². The van der Waals surface area contributed by atoms with Crippen molar-refractivity contribution in [1.29, 1.82) is 0 Å². The first-order valence-corrected chi connectivity index (χ1v) is 10.7. The number of aromatic amines is 1. The van der Waals surface area contributed by atoms with Crippen LogP contribution in [0.5, 0.6) is 0 Å². The number of carbonyl (C=O) groups excluding carboxylic acids is 2. The van der Waals surface area contributed by atoms with Gasteiger partial charge < -0.3 is 15.1 Å². The Balaban J connectivity index is 1.35. The zero-order valence-corrected chi connectivity index (χ0v) is 17.6. The third kappa shape index (κ3) is 4.21. The van der Waals surface area contributed by atoms with E-state index in [9.17, 15) is 18.8 Å². The highest BCUT2D eigenvalue weighted by molar-refractivity contribution is 5.98. The fraction of sp³-hybridized carbons (Fsp3) is 0.318. The molecule has 3 N–H and O–H groups in total. The Hall–Kier alpha value is -4.02. The maximum atomic E-state index is 14.2. The number of rotatable bonds is 6. The second-order valence-corrected chi connectivity index (χ2v) is 8.14. The Labute approximate surface area is 186 Å². The van der Waals surface area contributed by atoms with E-state index < -0.39 is 23.4 Å². The molecule has 3 aromatic heterocycles. The first-order valence-electron chi connectivity index (χ1n) is 10.7. The normalized spacial score (nSPS) is 14.2. The summed E-state index contributed by atoms with van der Waals surface area (Å²) in [6.45, 7) is 0.645. The number of nitrogens with one attached hydrogen (secondary N) is 3. The fourth-order valence-corrected chi connectivity index (χ4v) is 4.14. The molecular formula is C22H21FN6O4. The lowest BCUT2D eigenvalue weighted by atomic mass is 10.1. The Morgan fingerprint density at radius 1 is 1.18 bits per heavy atom. The molecule has 1 aliphatic carbocycles. The highest BCUT2D eigenvalue weighted by atomic mass is 19.1. The number of amides is 2. The van der Waals surface area contributed by atoms with Crippen molar-refractivity contribution in [1.82, 2.24) is 30.2 Å². The highest BCUT2D eigenvalue weighted by Crippen LogP contribution is 2.24. The van der Waals surface area contributed by atoms with Crippen molar-refractivity contribution < 1.29 is 18.4 Å². The molecule has 0 bridgehead atoms. The van der Waals surface area contributed by atoms with Crippen molar-refractivity contribution in [3.05, 3.63) is 63.8 Å². The number of hydrogen-bond acceptors (Lipinski definition) is 6. The number of oxazole rings is 1. The van der Waals surface area contributed by atoms with Crippen LogP contribution in [0, 0.1) is 11.7 Å². The summed E-state index contributed by atoms with van der Waals surface area (Å²) >= 11 is 0. The minimum absolute atomic E-state index is 0.0319. The Morgan fingerprint density at radius 2 is 2.00 bits per heavy atom. The number of benzene rings is 1. The largest absolute Gasteiger partial charge is 0.417 e. The van der Waals surface area contributed by atoms with Gasteiger partial charge in [0.25, 0.3) is 11.8 Å². The van der Waals surface area contributed by atoms with Crippen molar-refractivity contribution in [2.75, 3.05) is 6.54 Å². The van der Waals surface area contributed by atoms with Crippen LogP contribution in [0.2, 0.25) is 0 Å². The molecule has 0 saturated heterocycles. The minimum atomic E-state index is -0.733. The van der Waals surface area contributed by atoms with Crippen molar-refractivity contribution in [2.45, 2.75) is 32.2 Å². The summed E-state index contributed by atoms with van der Waals surface area (Å²) in [6, 6.07) is 6.30. The van der Waals surface area contributed by atoms with E-state index in [2.05, 4.69) is 25.7 Å². The molecule has 1 aliphatic rings. The van der Waals surface area contributed by atoms with E-state index in [-0.39, 0.29) is 23.6 Å². The molecule has 170 valence electrons. The lowest BCUT2D eigenvalue weighted by Crippen LogP contribution is -2.31. The van der Waals surface area contributed by atoms with Gasteiger partial charge in [-0.1, -0.05) is 18.9 Å². The average Bonchev–Trinajstić information content (AvgIpc) is 3.54. The summed E-state index contributed by atoms with van der Waals surface area (Å²) in [7, 11) is 0. The van der Waals surface area contributed by atoms with Crippen LogP contribution in [-0.2, 0) is 6.54 Å². The summed E-state index contributed by atoms with van der Waals surface area (Å²) < 4.78 is 20.3. The molecule has 1 saturated carbocycles. The molecule has 2 amide bonds. The van der Waals surface area contributed by atoms with Crippen LogP contribution in [0.3, 0.4) is 0 Å². The Kier molecular flexibility index (Phi) is 5.37. The molecule has 0 atom stereocenters. The number of carbonyl (C=O) groups is 2. The SMILES string of the molecule is O=C(NCc1ccc2oc(=O)[nH]c2c1)c1cc(C(=O)NCC2CCCC2)n2ncc(F)c2n1. The summed E-state index contributed by atoms with van der Waals surface area (Å²) in [5.41, 5.74) is 1.35. The van der Waals surface area contributed by atoms with Crippen LogP contribution in [0.15, 0.2) is 39.7 Å². The van der Waals surface area contributed by atoms with E-state index in [0.717, 1.165) is 36.4 Å². The fourth-order valence-electron chi connectivity index (χ4n) is 4.14. The highest BCUT2D eigenvalue weighted by Gasteiger charge is 2.22. The molecule has 1 fully saturated rings. The van der Waals surface area contributed by atoms with Crippen molar-refractivity contribution >= 4 is 28.6 Å². The zero-order chi connectivity index (χ0) is 22.9. The van der Waals surface area contributed by atoms with E-state index in [1.54, 1.807) is 18.2 Å². The van der Waals surface area contributed by atoms with Gasteiger partial charge in [0, 0.05) is 19.2 Å². The average molecular weight is 452 g/mol. The van der Waals surface area contributed by atoms with Crippen LogP contribution in [0.25, 0.3) is 16.7 Å². The summed E-state index contributed by atoms with van der Waals surface area (Å²) in [6.07, 6.45) is 5.39. The number of nitrogens with zero attached hydrogens (tertiary/aromatic N) is 3. The standard InChI is InChI=1S/C22H21FN6O4/c23-14-11-26-29-17(21(31)25-9-12-3-1-2-4-12)8-16(27-19(14)29)20(30)24-10-13-5-6-18-15(7-13)28-22(32)33-18/h5-8,11-12H,1-4,9-10H2,(H,24,30)(H,25,31)(H,28,32). The van der Waals surface area contributed by atoms with E-state index in [4.69, 9.17) is 4.42 Å². The molecule has 33 heavy (non-hydrogen) atoms. The third-order valence-corrected chi connectivity index (χ3v) is 5.86.